The number of benzene rings is 3. The maximum Gasteiger partial charge on any atom is 0.257 e. The Morgan fingerprint density at radius 3 is 2.32 bits per heavy atom. The molecule has 0 saturated carbocycles. The molecule has 0 unspecified atom stereocenters. The third kappa shape index (κ3) is 6.39. The molecule has 1 aliphatic heterocycles. The van der Waals surface area contributed by atoms with Crippen LogP contribution in [0.5, 0.6) is 0 Å². The highest BCUT2D eigenvalue weighted by Crippen LogP contribution is 2.37. The molecule has 37 heavy (non-hydrogen) atoms. The minimum absolute atomic E-state index is 0.153. The standard InChI is InChI=1S/C28H29Cl2IN4O2/c1-33(2)13-3-4-14-34-25-12-11-22(31)16-23(25)27(36)35(17-19-7-10-21(30)15-24(19)32)26(28(34)37)18-5-8-20(29)9-6-18/h5-12,15-16,26H,3-4,13-14,17,32H2,1-2H3/t26-/m0/s1. The Bertz CT molecular complexity index is 1300. The normalized spacial score (nSPS) is 15.8. The van der Waals surface area contributed by atoms with Crippen molar-refractivity contribution in [3.8, 4) is 0 Å². The lowest BCUT2D eigenvalue weighted by Gasteiger charge is -2.32. The molecule has 4 rings (SSSR count). The molecule has 2 amide bonds. The summed E-state index contributed by atoms with van der Waals surface area (Å²) in [5, 5.41) is 1.07. The van der Waals surface area contributed by atoms with Crippen LogP contribution in [0.15, 0.2) is 60.7 Å². The smallest absolute Gasteiger partial charge is 0.257 e. The number of anilines is 2. The number of carbonyl (C=O) groups excluding carboxylic acids is 2. The van der Waals surface area contributed by atoms with Gasteiger partial charge in [-0.15, -0.1) is 0 Å². The quantitative estimate of drug-likeness (QED) is 0.178. The van der Waals surface area contributed by atoms with Gasteiger partial charge in [-0.1, -0.05) is 41.4 Å². The number of amides is 2. The maximum absolute atomic E-state index is 14.3. The Labute approximate surface area is 241 Å². The van der Waals surface area contributed by atoms with Gasteiger partial charge in [0.2, 0.25) is 0 Å². The fourth-order valence-corrected chi connectivity index (χ4v) is 5.34. The molecule has 9 heteroatoms. The summed E-state index contributed by atoms with van der Waals surface area (Å²) in [5.41, 5.74) is 9.28. The summed E-state index contributed by atoms with van der Waals surface area (Å²) >= 11 is 14.5. The predicted octanol–water partition coefficient (Wildman–Crippen LogP) is 6.25. The highest BCUT2D eigenvalue weighted by atomic mass is 127. The topological polar surface area (TPSA) is 69.9 Å². The second-order valence-electron chi connectivity index (χ2n) is 9.39. The van der Waals surface area contributed by atoms with Crippen LogP contribution in [-0.2, 0) is 11.3 Å². The molecular weight excluding hydrogens is 622 g/mol. The van der Waals surface area contributed by atoms with Gasteiger partial charge in [0.1, 0.15) is 6.04 Å². The zero-order valence-corrected chi connectivity index (χ0v) is 24.4. The number of hydrogen-bond donors (Lipinski definition) is 1. The molecule has 0 bridgehead atoms. The third-order valence-corrected chi connectivity index (χ3v) is 7.58. The monoisotopic (exact) mass is 650 g/mol. The Morgan fingerprint density at radius 2 is 1.65 bits per heavy atom. The number of nitrogen functional groups attached to an aromatic ring is 1. The van der Waals surface area contributed by atoms with E-state index in [2.05, 4.69) is 27.5 Å². The lowest BCUT2D eigenvalue weighted by Crippen LogP contribution is -2.42. The molecule has 0 spiro atoms. The number of unbranched alkanes of at least 4 members (excludes halogenated alkanes) is 1. The summed E-state index contributed by atoms with van der Waals surface area (Å²) in [6.45, 7) is 1.58. The van der Waals surface area contributed by atoms with Gasteiger partial charge in [-0.2, -0.15) is 0 Å². The van der Waals surface area contributed by atoms with Crippen molar-refractivity contribution >= 4 is 69.0 Å². The van der Waals surface area contributed by atoms with Gasteiger partial charge in [-0.3, -0.25) is 9.59 Å². The van der Waals surface area contributed by atoms with Crippen LogP contribution in [0.25, 0.3) is 0 Å². The van der Waals surface area contributed by atoms with Crippen molar-refractivity contribution in [3.05, 3.63) is 91.0 Å². The molecule has 0 aromatic heterocycles. The molecule has 3 aromatic rings. The minimum atomic E-state index is -0.848. The molecule has 0 aliphatic carbocycles. The first-order valence-electron chi connectivity index (χ1n) is 12.0. The lowest BCUT2D eigenvalue weighted by molar-refractivity contribution is -0.123. The number of nitrogens with zero attached hydrogens (tertiary/aromatic N) is 3. The van der Waals surface area contributed by atoms with Gasteiger partial charge in [0.15, 0.2) is 0 Å². The van der Waals surface area contributed by atoms with Gasteiger partial charge in [-0.25, -0.2) is 0 Å². The molecule has 0 radical (unpaired) electrons. The summed E-state index contributed by atoms with van der Waals surface area (Å²) in [7, 11) is 4.06. The lowest BCUT2D eigenvalue weighted by atomic mass is 10.0. The molecule has 0 saturated heterocycles. The number of carbonyl (C=O) groups is 2. The van der Waals surface area contributed by atoms with E-state index in [0.29, 0.717) is 39.1 Å². The first-order valence-corrected chi connectivity index (χ1v) is 13.8. The van der Waals surface area contributed by atoms with E-state index in [1.54, 1.807) is 52.3 Å². The van der Waals surface area contributed by atoms with Crippen LogP contribution in [0.2, 0.25) is 10.0 Å². The van der Waals surface area contributed by atoms with Gasteiger partial charge in [0.05, 0.1) is 11.3 Å². The van der Waals surface area contributed by atoms with Crippen molar-refractivity contribution in [1.29, 1.82) is 0 Å². The third-order valence-electron chi connectivity index (χ3n) is 6.42. The van der Waals surface area contributed by atoms with E-state index in [9.17, 15) is 9.59 Å². The Hall–Kier alpha value is -2.33. The summed E-state index contributed by atoms with van der Waals surface area (Å²) in [6.07, 6.45) is 1.74. The fourth-order valence-electron chi connectivity index (χ4n) is 4.54. The summed E-state index contributed by atoms with van der Waals surface area (Å²) in [4.78, 5) is 34.0. The van der Waals surface area contributed by atoms with Crippen LogP contribution in [0.3, 0.4) is 0 Å². The van der Waals surface area contributed by atoms with Crippen molar-refractivity contribution < 1.29 is 9.59 Å². The van der Waals surface area contributed by atoms with E-state index in [-0.39, 0.29) is 18.4 Å². The van der Waals surface area contributed by atoms with E-state index in [1.165, 1.54) is 0 Å². The molecule has 3 aromatic carbocycles. The first-order chi connectivity index (χ1) is 17.7. The number of rotatable bonds is 8. The Morgan fingerprint density at radius 1 is 0.946 bits per heavy atom. The Kier molecular flexibility index (Phi) is 9.00. The van der Waals surface area contributed by atoms with E-state index in [0.717, 1.165) is 28.5 Å². The average molecular weight is 651 g/mol. The number of halogens is 3. The van der Waals surface area contributed by atoms with Crippen LogP contribution in [0, 0.1) is 3.57 Å². The molecule has 1 aliphatic rings. The van der Waals surface area contributed by atoms with E-state index in [4.69, 9.17) is 28.9 Å². The van der Waals surface area contributed by atoms with E-state index in [1.807, 2.05) is 32.3 Å². The van der Waals surface area contributed by atoms with Crippen LogP contribution >= 0.6 is 45.8 Å². The second kappa shape index (κ2) is 12.0. The molecule has 194 valence electrons. The van der Waals surface area contributed by atoms with Gasteiger partial charge in [0, 0.05) is 32.4 Å². The predicted molar refractivity (Wildman–Crippen MR) is 159 cm³/mol. The van der Waals surface area contributed by atoms with Crippen molar-refractivity contribution in [1.82, 2.24) is 9.80 Å². The summed E-state index contributed by atoms with van der Waals surface area (Å²) in [5.74, 6) is -0.389. The van der Waals surface area contributed by atoms with Gasteiger partial charge in [0.25, 0.3) is 11.8 Å². The van der Waals surface area contributed by atoms with Crippen molar-refractivity contribution in [3.63, 3.8) is 0 Å². The molecular formula is C28H29Cl2IN4O2. The molecule has 0 fully saturated rings. The van der Waals surface area contributed by atoms with Gasteiger partial charge < -0.3 is 20.4 Å². The zero-order chi connectivity index (χ0) is 26.7. The minimum Gasteiger partial charge on any atom is -0.398 e. The summed E-state index contributed by atoms with van der Waals surface area (Å²) < 4.78 is 0.917. The SMILES string of the molecule is CN(C)CCCCN1C(=O)[C@H](c2ccc(Cl)cc2)N(Cc2ccc(Cl)cc2N)C(=O)c2cc(I)ccc21. The second-order valence-corrected chi connectivity index (χ2v) is 11.5. The largest absolute Gasteiger partial charge is 0.398 e. The number of fused-ring (bicyclic) bond motifs is 1. The highest BCUT2D eigenvalue weighted by molar-refractivity contribution is 14.1. The average Bonchev–Trinajstić information content (AvgIpc) is 2.93. The fraction of sp³-hybridized carbons (Fsp3) is 0.286. The Balaban J connectivity index is 1.82. The highest BCUT2D eigenvalue weighted by Gasteiger charge is 2.40. The number of nitrogens with two attached hydrogens (primary N) is 1. The van der Waals surface area contributed by atoms with Gasteiger partial charge >= 0.3 is 0 Å². The van der Waals surface area contributed by atoms with Crippen LogP contribution in [0.4, 0.5) is 11.4 Å². The van der Waals surface area contributed by atoms with Crippen LogP contribution in [-0.4, -0.2) is 48.8 Å². The molecule has 1 atom stereocenters. The van der Waals surface area contributed by atoms with Crippen molar-refractivity contribution in [2.45, 2.75) is 25.4 Å². The zero-order valence-electron chi connectivity index (χ0n) is 20.8. The first kappa shape index (κ1) is 27.7. The van der Waals surface area contributed by atoms with Gasteiger partial charge in [-0.05, 0) is 110 Å². The van der Waals surface area contributed by atoms with Crippen LogP contribution in [0.1, 0.15) is 40.4 Å². The number of hydrogen-bond acceptors (Lipinski definition) is 4. The summed E-state index contributed by atoms with van der Waals surface area (Å²) in [6, 6.07) is 17.1. The van der Waals surface area contributed by atoms with E-state index >= 15 is 0 Å². The van der Waals surface area contributed by atoms with E-state index < -0.39 is 6.04 Å². The van der Waals surface area contributed by atoms with Crippen LogP contribution < -0.4 is 10.6 Å². The molecule has 1 heterocycles. The molecule has 6 nitrogen and oxygen atoms in total. The molecule has 2 N–H and O–H groups in total. The van der Waals surface area contributed by atoms with Crippen molar-refractivity contribution in [2.24, 2.45) is 0 Å². The van der Waals surface area contributed by atoms with Crippen molar-refractivity contribution in [2.75, 3.05) is 37.8 Å². The maximum atomic E-state index is 14.3.